The van der Waals surface area contributed by atoms with Crippen molar-refractivity contribution in [2.45, 2.75) is 0 Å². The van der Waals surface area contributed by atoms with E-state index in [0.29, 0.717) is 5.82 Å². The zero-order chi connectivity index (χ0) is 7.40. The minimum absolute atomic E-state index is 0.416. The van der Waals surface area contributed by atoms with Crippen LogP contribution in [0.3, 0.4) is 0 Å². The number of anilines is 1. The molecule has 10 heavy (non-hydrogen) atoms. The van der Waals surface area contributed by atoms with E-state index in [0.717, 1.165) is 0 Å². The maximum Gasteiger partial charge on any atom is 0.346 e. The largest absolute Gasteiger partial charge is 0.346 e. The fourth-order valence-electron chi connectivity index (χ4n) is 0.519. The molecule has 0 saturated carbocycles. The third-order valence-electron chi connectivity index (χ3n) is 0.881. The predicted octanol–water partition coefficient (Wildman–Crippen LogP) is -0.228. The smallest absolute Gasteiger partial charge is 0.301 e. The Kier molecular flexibility index (Phi) is 1.71. The van der Waals surface area contributed by atoms with Gasteiger partial charge in [-0.05, 0) is 6.07 Å². The van der Waals surface area contributed by atoms with Gasteiger partial charge in [0.05, 0.1) is 0 Å². The lowest BCUT2D eigenvalue weighted by Crippen LogP contribution is -2.10. The molecular weight excluding hydrogens is 130 g/mol. The van der Waals surface area contributed by atoms with Gasteiger partial charge >= 0.3 is 5.69 Å². The predicted molar refractivity (Wildman–Crippen MR) is 37.3 cm³/mol. The molecule has 4 nitrogen and oxygen atoms in total. The molecule has 0 aliphatic heterocycles. The van der Waals surface area contributed by atoms with E-state index >= 15 is 0 Å². The highest BCUT2D eigenvalue weighted by atomic mass is 16.1. The van der Waals surface area contributed by atoms with E-state index in [9.17, 15) is 4.79 Å². The molecule has 0 atom stereocenters. The molecule has 4 heteroatoms. The summed E-state index contributed by atoms with van der Waals surface area (Å²) in [7, 11) is 0. The van der Waals surface area contributed by atoms with E-state index in [1.807, 2.05) is 0 Å². The summed E-state index contributed by atoms with van der Waals surface area (Å²) in [4.78, 5) is 16.3. The van der Waals surface area contributed by atoms with Gasteiger partial charge in [0.25, 0.3) is 0 Å². The van der Waals surface area contributed by atoms with Crippen LogP contribution < -0.4 is 11.0 Å². The number of aromatic nitrogens is 2. The van der Waals surface area contributed by atoms with Crippen LogP contribution in [0.15, 0.2) is 17.1 Å². The first kappa shape index (κ1) is 6.36. The lowest BCUT2D eigenvalue weighted by Gasteiger charge is -1.93. The molecule has 0 aliphatic rings. The first-order valence-corrected chi connectivity index (χ1v) is 2.60. The number of nitrogens with one attached hydrogen (secondary N) is 2. The molecule has 0 fully saturated rings. The van der Waals surface area contributed by atoms with Crippen LogP contribution in [0.2, 0.25) is 0 Å². The van der Waals surface area contributed by atoms with Crippen molar-refractivity contribution in [2.24, 2.45) is 0 Å². The van der Waals surface area contributed by atoms with E-state index in [1.54, 1.807) is 6.07 Å². The Morgan fingerprint density at radius 2 is 2.60 bits per heavy atom. The van der Waals surface area contributed by atoms with Gasteiger partial charge < -0.3 is 5.32 Å². The lowest BCUT2D eigenvalue weighted by molar-refractivity contribution is 1.08. The third kappa shape index (κ3) is 1.36. The minimum Gasteiger partial charge on any atom is -0.301 e. The van der Waals surface area contributed by atoms with Gasteiger partial charge in [0, 0.05) is 12.2 Å². The summed E-state index contributed by atoms with van der Waals surface area (Å²) in [6.07, 6.45) is 6.28. The average molecular weight is 135 g/mol. The first-order chi connectivity index (χ1) is 4.83. The van der Waals surface area contributed by atoms with Gasteiger partial charge in [-0.3, -0.25) is 4.98 Å². The topological polar surface area (TPSA) is 57.8 Å². The Hall–Kier alpha value is -1.76. The van der Waals surface area contributed by atoms with Crippen molar-refractivity contribution in [3.05, 3.63) is 22.7 Å². The van der Waals surface area contributed by atoms with Crippen molar-refractivity contribution in [2.75, 3.05) is 5.32 Å². The van der Waals surface area contributed by atoms with E-state index in [1.165, 1.54) is 6.20 Å². The number of hydrogen-bond donors (Lipinski definition) is 2. The second-order valence-electron chi connectivity index (χ2n) is 1.56. The molecule has 0 amide bonds. The molecule has 1 heterocycles. The molecule has 1 aromatic heterocycles. The van der Waals surface area contributed by atoms with E-state index < -0.39 is 5.69 Å². The number of H-pyrrole nitrogens is 1. The highest BCUT2D eigenvalue weighted by Gasteiger charge is 1.86. The highest BCUT2D eigenvalue weighted by molar-refractivity contribution is 5.37. The third-order valence-corrected chi connectivity index (χ3v) is 0.881. The Balaban J connectivity index is 2.98. The van der Waals surface area contributed by atoms with Gasteiger partial charge in [0.1, 0.15) is 5.82 Å². The quantitative estimate of drug-likeness (QED) is 0.413. The fraction of sp³-hybridized carbons (Fsp3) is 0. The van der Waals surface area contributed by atoms with Crippen LogP contribution in [0, 0.1) is 12.5 Å². The SMILES string of the molecule is C#CNc1ccnc(=O)[nH]1. The molecule has 0 bridgehead atoms. The van der Waals surface area contributed by atoms with Gasteiger partial charge in [0.2, 0.25) is 0 Å². The maximum atomic E-state index is 10.5. The lowest BCUT2D eigenvalue weighted by atomic mass is 10.6. The Labute approximate surface area is 57.3 Å². The van der Waals surface area contributed by atoms with Crippen molar-refractivity contribution >= 4 is 5.82 Å². The molecule has 0 aromatic carbocycles. The van der Waals surface area contributed by atoms with Crippen LogP contribution in [0.5, 0.6) is 0 Å². The van der Waals surface area contributed by atoms with Gasteiger partial charge in [-0.1, -0.05) is 6.42 Å². The summed E-state index contributed by atoms with van der Waals surface area (Å²) in [5.41, 5.74) is -0.416. The number of terminal acetylenes is 1. The molecule has 1 aromatic rings. The van der Waals surface area contributed by atoms with Gasteiger partial charge in [-0.2, -0.15) is 0 Å². The Bertz CT molecular complexity index is 309. The van der Waals surface area contributed by atoms with Crippen molar-refractivity contribution < 1.29 is 0 Å². The Morgan fingerprint density at radius 1 is 1.80 bits per heavy atom. The number of rotatable bonds is 1. The van der Waals surface area contributed by atoms with Crippen LogP contribution >= 0.6 is 0 Å². The van der Waals surface area contributed by atoms with Gasteiger partial charge in [0.15, 0.2) is 0 Å². The molecule has 0 radical (unpaired) electrons. The standard InChI is InChI=1S/C6H5N3O/c1-2-7-5-3-4-8-6(10)9-5/h1,3-4H,(H2,7,8,9,10). The summed E-state index contributed by atoms with van der Waals surface area (Å²) >= 11 is 0. The molecule has 0 aliphatic carbocycles. The monoisotopic (exact) mass is 135 g/mol. The average Bonchev–Trinajstić information content (AvgIpc) is 1.88. The molecule has 2 N–H and O–H groups in total. The van der Waals surface area contributed by atoms with E-state index in [4.69, 9.17) is 6.42 Å². The molecule has 0 unspecified atom stereocenters. The van der Waals surface area contributed by atoms with Crippen LogP contribution in [0.4, 0.5) is 5.82 Å². The maximum absolute atomic E-state index is 10.5. The zero-order valence-electron chi connectivity index (χ0n) is 5.09. The molecule has 1 rings (SSSR count). The highest BCUT2D eigenvalue weighted by Crippen LogP contribution is 1.91. The number of hydrogen-bond acceptors (Lipinski definition) is 3. The second kappa shape index (κ2) is 2.69. The zero-order valence-corrected chi connectivity index (χ0v) is 5.09. The van der Waals surface area contributed by atoms with E-state index in [2.05, 4.69) is 21.3 Å². The molecule has 50 valence electrons. The molecule has 0 spiro atoms. The van der Waals surface area contributed by atoms with Crippen LogP contribution in [-0.4, -0.2) is 9.97 Å². The molecular formula is C6H5N3O. The van der Waals surface area contributed by atoms with Crippen LogP contribution in [0.25, 0.3) is 0 Å². The summed E-state index contributed by atoms with van der Waals surface area (Å²) in [5.74, 6) is 0.475. The second-order valence-corrected chi connectivity index (χ2v) is 1.56. The summed E-state index contributed by atoms with van der Waals surface area (Å²) in [6.45, 7) is 0. The van der Waals surface area contributed by atoms with Gasteiger partial charge in [-0.15, -0.1) is 0 Å². The van der Waals surface area contributed by atoms with E-state index in [-0.39, 0.29) is 0 Å². The minimum atomic E-state index is -0.416. The van der Waals surface area contributed by atoms with Gasteiger partial charge in [-0.25, -0.2) is 9.78 Å². The first-order valence-electron chi connectivity index (χ1n) is 2.60. The van der Waals surface area contributed by atoms with Crippen molar-refractivity contribution in [3.8, 4) is 12.5 Å². The van der Waals surface area contributed by atoms with Crippen molar-refractivity contribution in [1.29, 1.82) is 0 Å². The molecule has 0 saturated heterocycles. The van der Waals surface area contributed by atoms with Crippen molar-refractivity contribution in [1.82, 2.24) is 9.97 Å². The van der Waals surface area contributed by atoms with Crippen LogP contribution in [-0.2, 0) is 0 Å². The summed E-state index contributed by atoms with van der Waals surface area (Å²) in [5, 5.41) is 2.48. The fourth-order valence-corrected chi connectivity index (χ4v) is 0.519. The number of nitrogens with zero attached hydrogens (tertiary/aromatic N) is 1. The Morgan fingerprint density at radius 3 is 3.20 bits per heavy atom. The summed E-state index contributed by atoms with van der Waals surface area (Å²) < 4.78 is 0. The van der Waals surface area contributed by atoms with Crippen molar-refractivity contribution in [3.63, 3.8) is 0 Å². The number of aromatic amines is 1. The normalized spacial score (nSPS) is 8.30. The summed E-state index contributed by atoms with van der Waals surface area (Å²) in [6, 6.07) is 3.73. The van der Waals surface area contributed by atoms with Crippen LogP contribution in [0.1, 0.15) is 0 Å².